The molecule has 0 N–H and O–H groups in total. The molecule has 0 fully saturated rings. The Bertz CT molecular complexity index is 3380. The van der Waals surface area contributed by atoms with Gasteiger partial charge in [-0.2, -0.15) is 0 Å². The van der Waals surface area contributed by atoms with Crippen LogP contribution >= 0.6 is 0 Å². The maximum atomic E-state index is 6.55. The molecule has 0 aliphatic carbocycles. The standard InChI is InChI=1S/C48H26BNO3/c1-5-15-37-30(10-1)36-22-27(29-14-9-19-45-47(29)33-13-4-8-18-43(33)52-45)23-40-48(36)49(37)38-26-46-35(32-12-3-7-17-42(32)53-46)25-39(38)50(40)28-20-21-44-34(24-28)31-11-2-6-16-41(31)51-44/h1-26H. The van der Waals surface area contributed by atoms with Crippen LogP contribution in [0.25, 0.3) is 88.1 Å². The van der Waals surface area contributed by atoms with E-state index in [2.05, 4.69) is 138 Å². The van der Waals surface area contributed by atoms with E-state index in [0.717, 1.165) is 88.3 Å². The second-order valence-corrected chi connectivity index (χ2v) is 14.4. The lowest BCUT2D eigenvalue weighted by molar-refractivity contribution is 0.668. The van der Waals surface area contributed by atoms with Crippen LogP contribution in [0, 0.1) is 0 Å². The molecule has 11 aromatic rings. The summed E-state index contributed by atoms with van der Waals surface area (Å²) in [6.07, 6.45) is 0. The number of fused-ring (bicyclic) bond motifs is 14. The first-order valence-electron chi connectivity index (χ1n) is 18.1. The second kappa shape index (κ2) is 9.87. The summed E-state index contributed by atoms with van der Waals surface area (Å²) >= 11 is 0. The molecule has 2 aliphatic heterocycles. The van der Waals surface area contributed by atoms with E-state index in [0.29, 0.717) is 0 Å². The summed E-state index contributed by atoms with van der Waals surface area (Å²) in [5, 5.41) is 6.70. The summed E-state index contributed by atoms with van der Waals surface area (Å²) in [6.45, 7) is 0.0538. The SMILES string of the molecule is c1ccc2c(c1)B1c3cc4oc5ccccc5c4cc3N(c3ccc4oc5ccccc5c4c3)c3cc(-c4cccc5oc6ccccc6c45)cc-2c31. The fourth-order valence-electron chi connectivity index (χ4n) is 9.45. The molecule has 4 nitrogen and oxygen atoms in total. The van der Waals surface area contributed by atoms with Crippen LogP contribution < -0.4 is 21.3 Å². The molecule has 0 saturated heterocycles. The van der Waals surface area contributed by atoms with Crippen LogP contribution in [0.3, 0.4) is 0 Å². The van der Waals surface area contributed by atoms with Gasteiger partial charge in [-0.05, 0) is 99.9 Å². The Balaban J connectivity index is 1.17. The van der Waals surface area contributed by atoms with Gasteiger partial charge in [-0.1, -0.05) is 96.5 Å². The predicted octanol–water partition coefficient (Wildman–Crippen LogP) is 11.3. The van der Waals surface area contributed by atoms with Gasteiger partial charge in [0.15, 0.2) is 0 Å². The molecule has 8 aromatic carbocycles. The molecule has 0 unspecified atom stereocenters. The summed E-state index contributed by atoms with van der Waals surface area (Å²) < 4.78 is 19.3. The zero-order chi connectivity index (χ0) is 34.4. The van der Waals surface area contributed by atoms with Gasteiger partial charge in [-0.3, -0.25) is 0 Å². The van der Waals surface area contributed by atoms with E-state index in [4.69, 9.17) is 13.3 Å². The molecule has 2 aliphatic rings. The summed E-state index contributed by atoms with van der Waals surface area (Å²) in [4.78, 5) is 2.48. The van der Waals surface area contributed by atoms with E-state index in [1.54, 1.807) is 0 Å². The van der Waals surface area contributed by atoms with Crippen molar-refractivity contribution in [3.63, 3.8) is 0 Å². The number of hydrogen-bond acceptors (Lipinski definition) is 4. The Kier molecular flexibility index (Phi) is 5.16. The minimum Gasteiger partial charge on any atom is -0.456 e. The minimum atomic E-state index is 0.0538. The Morgan fingerprint density at radius 2 is 1.00 bits per heavy atom. The highest BCUT2D eigenvalue weighted by Crippen LogP contribution is 2.47. The number of hydrogen-bond donors (Lipinski definition) is 0. The van der Waals surface area contributed by atoms with Gasteiger partial charge in [0.25, 0.3) is 0 Å². The molecular weight excluding hydrogens is 649 g/mol. The summed E-state index contributed by atoms with van der Waals surface area (Å²) in [7, 11) is 0. The van der Waals surface area contributed by atoms with Crippen molar-refractivity contribution in [3.8, 4) is 22.3 Å². The molecule has 0 radical (unpaired) electrons. The van der Waals surface area contributed by atoms with E-state index in [9.17, 15) is 0 Å². The van der Waals surface area contributed by atoms with Crippen molar-refractivity contribution in [1.82, 2.24) is 0 Å². The Hall–Kier alpha value is -6.98. The fourth-order valence-corrected chi connectivity index (χ4v) is 9.45. The molecule has 0 atom stereocenters. The average molecular weight is 676 g/mol. The highest BCUT2D eigenvalue weighted by molar-refractivity contribution is 7.01. The van der Waals surface area contributed by atoms with Crippen molar-refractivity contribution in [1.29, 1.82) is 0 Å². The normalized spacial score (nSPS) is 13.2. The van der Waals surface area contributed by atoms with Crippen molar-refractivity contribution >= 4 is 106 Å². The number of rotatable bonds is 2. The van der Waals surface area contributed by atoms with Crippen molar-refractivity contribution in [3.05, 3.63) is 158 Å². The number of para-hydroxylation sites is 3. The molecular formula is C48H26BNO3. The average Bonchev–Trinajstić information content (AvgIpc) is 3.96. The van der Waals surface area contributed by atoms with Crippen molar-refractivity contribution < 1.29 is 13.3 Å². The van der Waals surface area contributed by atoms with Crippen LogP contribution in [0.1, 0.15) is 0 Å². The molecule has 3 aromatic heterocycles. The van der Waals surface area contributed by atoms with Crippen LogP contribution in [0.5, 0.6) is 0 Å². The third-order valence-corrected chi connectivity index (χ3v) is 11.7. The Morgan fingerprint density at radius 3 is 1.83 bits per heavy atom. The maximum Gasteiger partial charge on any atom is 0.248 e. The van der Waals surface area contributed by atoms with Crippen LogP contribution in [0.2, 0.25) is 0 Å². The third kappa shape index (κ3) is 3.61. The van der Waals surface area contributed by atoms with E-state index in [1.165, 1.54) is 33.2 Å². The van der Waals surface area contributed by atoms with Gasteiger partial charge < -0.3 is 18.2 Å². The van der Waals surface area contributed by atoms with E-state index in [-0.39, 0.29) is 6.71 Å². The van der Waals surface area contributed by atoms with Gasteiger partial charge in [0, 0.05) is 49.4 Å². The van der Waals surface area contributed by atoms with Gasteiger partial charge in [-0.25, -0.2) is 0 Å². The maximum absolute atomic E-state index is 6.55. The second-order valence-electron chi connectivity index (χ2n) is 14.4. The smallest absolute Gasteiger partial charge is 0.248 e. The lowest BCUT2D eigenvalue weighted by Gasteiger charge is -2.36. The summed E-state index contributed by atoms with van der Waals surface area (Å²) in [6, 6.07) is 56.5. The van der Waals surface area contributed by atoms with E-state index < -0.39 is 0 Å². The minimum absolute atomic E-state index is 0.0538. The largest absolute Gasteiger partial charge is 0.456 e. The van der Waals surface area contributed by atoms with Crippen molar-refractivity contribution in [2.75, 3.05) is 4.90 Å². The van der Waals surface area contributed by atoms with E-state index >= 15 is 0 Å². The Morgan fingerprint density at radius 1 is 0.377 bits per heavy atom. The molecule has 5 heterocycles. The molecule has 0 amide bonds. The van der Waals surface area contributed by atoms with Crippen molar-refractivity contribution in [2.24, 2.45) is 0 Å². The third-order valence-electron chi connectivity index (χ3n) is 11.7. The molecule has 0 spiro atoms. The monoisotopic (exact) mass is 675 g/mol. The zero-order valence-electron chi connectivity index (χ0n) is 28.3. The lowest BCUT2D eigenvalue weighted by atomic mass is 9.37. The van der Waals surface area contributed by atoms with Gasteiger partial charge >= 0.3 is 0 Å². The number of anilines is 3. The van der Waals surface area contributed by atoms with Gasteiger partial charge in [0.2, 0.25) is 6.71 Å². The number of furan rings is 3. The topological polar surface area (TPSA) is 42.7 Å². The van der Waals surface area contributed by atoms with Crippen molar-refractivity contribution in [2.45, 2.75) is 0 Å². The Labute approximate surface area is 303 Å². The van der Waals surface area contributed by atoms with Crippen LogP contribution in [-0.4, -0.2) is 6.71 Å². The van der Waals surface area contributed by atoms with Crippen LogP contribution in [0.4, 0.5) is 17.1 Å². The first-order chi connectivity index (χ1) is 26.3. The molecule has 0 saturated carbocycles. The summed E-state index contributed by atoms with van der Waals surface area (Å²) in [5.74, 6) is 0. The molecule has 244 valence electrons. The lowest BCUT2D eigenvalue weighted by Crippen LogP contribution is -2.54. The van der Waals surface area contributed by atoms with Crippen LogP contribution in [0.15, 0.2) is 171 Å². The molecule has 13 rings (SSSR count). The van der Waals surface area contributed by atoms with Gasteiger partial charge in [-0.15, -0.1) is 0 Å². The number of benzene rings is 8. The quantitative estimate of drug-likeness (QED) is 0.171. The summed E-state index contributed by atoms with van der Waals surface area (Å²) in [5.41, 5.74) is 17.5. The molecule has 0 bridgehead atoms. The molecule has 53 heavy (non-hydrogen) atoms. The first-order valence-corrected chi connectivity index (χ1v) is 18.1. The van der Waals surface area contributed by atoms with Gasteiger partial charge in [0.05, 0.1) is 0 Å². The van der Waals surface area contributed by atoms with E-state index in [1.807, 2.05) is 24.3 Å². The predicted molar refractivity (Wildman–Crippen MR) is 218 cm³/mol. The fraction of sp³-hybridized carbons (Fsp3) is 0. The number of nitrogens with zero attached hydrogens (tertiary/aromatic N) is 1. The first kappa shape index (κ1) is 27.7. The highest BCUT2D eigenvalue weighted by atomic mass is 16.3. The van der Waals surface area contributed by atoms with Crippen LogP contribution in [-0.2, 0) is 0 Å². The molecule has 5 heteroatoms. The zero-order valence-corrected chi connectivity index (χ0v) is 28.3. The highest BCUT2D eigenvalue weighted by Gasteiger charge is 2.43. The van der Waals surface area contributed by atoms with Gasteiger partial charge in [0.1, 0.15) is 33.5 Å².